The van der Waals surface area contributed by atoms with Crippen molar-refractivity contribution >= 4 is 10.9 Å². The standard InChI is InChI=1S/C25H30F2N2O/c1-3-12-29(13-4-5-17-16-28-24-10-6-18(26)14-21(17)24)19-7-8-20-22(15-19)25(30-2)11-9-23(20)27/h6,9-11,14,16,19,28H,3-5,7-8,12-13,15H2,1-2H3. The number of hydrogen-bond acceptors (Lipinski definition) is 2. The Hall–Kier alpha value is -2.40. The molecule has 1 heterocycles. The van der Waals surface area contributed by atoms with Crippen LogP contribution in [0.5, 0.6) is 5.75 Å². The molecule has 0 radical (unpaired) electrons. The predicted molar refractivity (Wildman–Crippen MR) is 117 cm³/mol. The molecule has 0 aliphatic heterocycles. The monoisotopic (exact) mass is 412 g/mol. The first-order chi connectivity index (χ1) is 14.6. The average Bonchev–Trinajstić information content (AvgIpc) is 3.15. The Labute approximate surface area is 177 Å². The van der Waals surface area contributed by atoms with E-state index in [0.29, 0.717) is 6.04 Å². The van der Waals surface area contributed by atoms with E-state index in [0.717, 1.165) is 79.4 Å². The number of hydrogen-bond donors (Lipinski definition) is 1. The van der Waals surface area contributed by atoms with E-state index in [9.17, 15) is 8.78 Å². The zero-order valence-electron chi connectivity index (χ0n) is 17.8. The third kappa shape index (κ3) is 4.22. The summed E-state index contributed by atoms with van der Waals surface area (Å²) in [5.41, 5.74) is 4.00. The fourth-order valence-corrected chi connectivity index (χ4v) is 4.88. The van der Waals surface area contributed by atoms with E-state index in [1.807, 2.05) is 6.20 Å². The maximum absolute atomic E-state index is 14.3. The van der Waals surface area contributed by atoms with Crippen molar-refractivity contribution in [2.75, 3.05) is 20.2 Å². The lowest BCUT2D eigenvalue weighted by Gasteiger charge is -2.35. The van der Waals surface area contributed by atoms with Gasteiger partial charge in [-0.25, -0.2) is 8.78 Å². The lowest BCUT2D eigenvalue weighted by molar-refractivity contribution is 0.176. The number of aryl methyl sites for hydroxylation is 1. The van der Waals surface area contributed by atoms with Gasteiger partial charge in [0.25, 0.3) is 0 Å². The highest BCUT2D eigenvalue weighted by Gasteiger charge is 2.27. The molecule has 1 aliphatic carbocycles. The molecule has 0 saturated carbocycles. The van der Waals surface area contributed by atoms with Gasteiger partial charge in [-0.15, -0.1) is 0 Å². The highest BCUT2D eigenvalue weighted by molar-refractivity contribution is 5.83. The van der Waals surface area contributed by atoms with E-state index in [2.05, 4.69) is 16.8 Å². The average molecular weight is 413 g/mol. The van der Waals surface area contributed by atoms with Crippen molar-refractivity contribution < 1.29 is 13.5 Å². The van der Waals surface area contributed by atoms with E-state index in [-0.39, 0.29) is 11.6 Å². The van der Waals surface area contributed by atoms with E-state index in [1.165, 1.54) is 17.7 Å². The summed E-state index contributed by atoms with van der Waals surface area (Å²) in [4.78, 5) is 5.79. The van der Waals surface area contributed by atoms with Crippen molar-refractivity contribution in [2.24, 2.45) is 0 Å². The maximum atomic E-state index is 14.3. The van der Waals surface area contributed by atoms with Crippen LogP contribution in [0.4, 0.5) is 8.78 Å². The van der Waals surface area contributed by atoms with Crippen molar-refractivity contribution in [3.63, 3.8) is 0 Å². The van der Waals surface area contributed by atoms with Crippen LogP contribution in [-0.2, 0) is 19.3 Å². The minimum Gasteiger partial charge on any atom is -0.496 e. The van der Waals surface area contributed by atoms with Crippen LogP contribution in [0.15, 0.2) is 36.5 Å². The van der Waals surface area contributed by atoms with E-state index >= 15 is 0 Å². The molecule has 0 bridgehead atoms. The molecule has 1 aromatic heterocycles. The Morgan fingerprint density at radius 1 is 1.13 bits per heavy atom. The lowest BCUT2D eigenvalue weighted by atomic mass is 9.86. The largest absolute Gasteiger partial charge is 0.496 e. The van der Waals surface area contributed by atoms with Crippen molar-refractivity contribution in [1.29, 1.82) is 0 Å². The Balaban J connectivity index is 1.44. The molecule has 5 heteroatoms. The van der Waals surface area contributed by atoms with Gasteiger partial charge in [0.2, 0.25) is 0 Å². The number of halogens is 2. The molecule has 2 aromatic carbocycles. The van der Waals surface area contributed by atoms with Gasteiger partial charge in [0.05, 0.1) is 7.11 Å². The summed E-state index contributed by atoms with van der Waals surface area (Å²) in [5.74, 6) is 0.490. The summed E-state index contributed by atoms with van der Waals surface area (Å²) in [5, 5.41) is 0.976. The van der Waals surface area contributed by atoms with Gasteiger partial charge in [-0.3, -0.25) is 0 Å². The second kappa shape index (κ2) is 9.17. The zero-order valence-corrected chi connectivity index (χ0v) is 17.8. The van der Waals surface area contributed by atoms with E-state index in [1.54, 1.807) is 25.3 Å². The molecule has 4 rings (SSSR count). The minimum absolute atomic E-state index is 0.113. The molecule has 1 unspecified atom stereocenters. The van der Waals surface area contributed by atoms with Gasteiger partial charge >= 0.3 is 0 Å². The van der Waals surface area contributed by atoms with Crippen molar-refractivity contribution in [3.05, 3.63) is 64.9 Å². The zero-order chi connectivity index (χ0) is 21.1. The van der Waals surface area contributed by atoms with Crippen LogP contribution < -0.4 is 4.74 Å². The van der Waals surface area contributed by atoms with Crippen LogP contribution in [0.1, 0.15) is 42.9 Å². The number of nitrogens with zero attached hydrogens (tertiary/aromatic N) is 1. The lowest BCUT2D eigenvalue weighted by Crippen LogP contribution is -2.41. The second-order valence-corrected chi connectivity index (χ2v) is 8.25. The second-order valence-electron chi connectivity index (χ2n) is 8.25. The Morgan fingerprint density at radius 2 is 2.00 bits per heavy atom. The summed E-state index contributed by atoms with van der Waals surface area (Å²) >= 11 is 0. The van der Waals surface area contributed by atoms with Crippen LogP contribution in [0.25, 0.3) is 10.9 Å². The van der Waals surface area contributed by atoms with Crippen LogP contribution in [0.2, 0.25) is 0 Å². The van der Waals surface area contributed by atoms with Gasteiger partial charge in [-0.05, 0) is 93.1 Å². The quantitative estimate of drug-likeness (QED) is 0.517. The highest BCUT2D eigenvalue weighted by Crippen LogP contribution is 2.33. The number of methoxy groups -OCH3 is 1. The molecule has 0 spiro atoms. The molecular weight excluding hydrogens is 382 g/mol. The van der Waals surface area contributed by atoms with Gasteiger partial charge in [-0.2, -0.15) is 0 Å². The van der Waals surface area contributed by atoms with Crippen LogP contribution in [0.3, 0.4) is 0 Å². The maximum Gasteiger partial charge on any atom is 0.126 e. The number of aromatic amines is 1. The molecule has 0 saturated heterocycles. The summed E-state index contributed by atoms with van der Waals surface area (Å²) in [7, 11) is 1.66. The molecule has 3 aromatic rings. The van der Waals surface area contributed by atoms with Gasteiger partial charge < -0.3 is 14.6 Å². The SMILES string of the molecule is CCCN(CCCc1c[nH]c2ccc(F)cc12)C1CCc2c(F)ccc(OC)c2C1. The summed E-state index contributed by atoms with van der Waals surface area (Å²) in [6.45, 7) is 4.21. The molecule has 0 fully saturated rings. The number of fused-ring (bicyclic) bond motifs is 2. The third-order valence-corrected chi connectivity index (χ3v) is 6.37. The minimum atomic E-state index is -0.196. The summed E-state index contributed by atoms with van der Waals surface area (Å²) in [6, 6.07) is 8.56. The van der Waals surface area contributed by atoms with Crippen LogP contribution >= 0.6 is 0 Å². The normalized spacial score (nSPS) is 16.2. The van der Waals surface area contributed by atoms with Gasteiger partial charge in [-0.1, -0.05) is 6.92 Å². The molecule has 30 heavy (non-hydrogen) atoms. The number of benzene rings is 2. The van der Waals surface area contributed by atoms with Gasteiger partial charge in [0.1, 0.15) is 17.4 Å². The number of ether oxygens (including phenoxy) is 1. The molecule has 1 atom stereocenters. The Kier molecular flexibility index (Phi) is 6.38. The summed E-state index contributed by atoms with van der Waals surface area (Å²) < 4.78 is 33.4. The van der Waals surface area contributed by atoms with Gasteiger partial charge in [0.15, 0.2) is 0 Å². The third-order valence-electron chi connectivity index (χ3n) is 6.37. The first-order valence-electron chi connectivity index (χ1n) is 10.9. The first kappa shape index (κ1) is 20.9. The molecule has 0 amide bonds. The first-order valence-corrected chi connectivity index (χ1v) is 10.9. The molecule has 1 N–H and O–H groups in total. The van der Waals surface area contributed by atoms with Crippen molar-refractivity contribution in [1.82, 2.24) is 9.88 Å². The molecule has 1 aliphatic rings. The summed E-state index contributed by atoms with van der Waals surface area (Å²) in [6.07, 6.45) is 7.55. The van der Waals surface area contributed by atoms with Crippen LogP contribution in [-0.4, -0.2) is 36.1 Å². The van der Waals surface area contributed by atoms with Crippen molar-refractivity contribution in [2.45, 2.75) is 51.5 Å². The van der Waals surface area contributed by atoms with Crippen LogP contribution in [0, 0.1) is 11.6 Å². The molecular formula is C25H30F2N2O. The topological polar surface area (TPSA) is 28.3 Å². The molecule has 160 valence electrons. The number of aromatic nitrogens is 1. The highest BCUT2D eigenvalue weighted by atomic mass is 19.1. The molecule has 3 nitrogen and oxygen atoms in total. The van der Waals surface area contributed by atoms with Gasteiger partial charge in [0, 0.05) is 28.7 Å². The Morgan fingerprint density at radius 3 is 2.80 bits per heavy atom. The fourth-order valence-electron chi connectivity index (χ4n) is 4.88. The number of H-pyrrole nitrogens is 1. The Bertz CT molecular complexity index is 1010. The van der Waals surface area contributed by atoms with E-state index in [4.69, 9.17) is 4.74 Å². The number of nitrogens with one attached hydrogen (secondary N) is 1. The number of rotatable bonds is 8. The van der Waals surface area contributed by atoms with Crippen molar-refractivity contribution in [3.8, 4) is 5.75 Å². The fraction of sp³-hybridized carbons (Fsp3) is 0.440. The smallest absolute Gasteiger partial charge is 0.126 e. The predicted octanol–water partition coefficient (Wildman–Crippen LogP) is 5.66. The van der Waals surface area contributed by atoms with E-state index < -0.39 is 0 Å².